The number of nitrogens with zero attached hydrogens (tertiary/aromatic N) is 1. The maximum Gasteiger partial charge on any atom is 0.318 e. The average molecular weight is 326 g/mol. The summed E-state index contributed by atoms with van der Waals surface area (Å²) in [5, 5.41) is 2.70. The summed E-state index contributed by atoms with van der Waals surface area (Å²) < 4.78 is 0.711. The van der Waals surface area contributed by atoms with Crippen molar-refractivity contribution in [1.82, 2.24) is 5.32 Å². The van der Waals surface area contributed by atoms with Gasteiger partial charge in [0.1, 0.15) is 5.69 Å². The highest BCUT2D eigenvalue weighted by atomic mass is 79.9. The third-order valence-electron chi connectivity index (χ3n) is 1.47. The molecule has 0 aliphatic heterocycles. The molecular weight excluding hydrogens is 319 g/mol. The topological polar surface area (TPSA) is 93.5 Å². The van der Waals surface area contributed by atoms with E-state index in [0.29, 0.717) is 14.5 Å². The van der Waals surface area contributed by atoms with Gasteiger partial charge < -0.3 is 11.5 Å². The minimum absolute atomic E-state index is 0.182. The van der Waals surface area contributed by atoms with E-state index in [1.807, 2.05) is 0 Å². The van der Waals surface area contributed by atoms with E-state index in [1.54, 1.807) is 12.1 Å². The van der Waals surface area contributed by atoms with Crippen molar-refractivity contribution < 1.29 is 4.79 Å². The fourth-order valence-electron chi connectivity index (χ4n) is 0.916. The lowest BCUT2D eigenvalue weighted by molar-refractivity contribution is 0.253. The van der Waals surface area contributed by atoms with Crippen LogP contribution < -0.4 is 16.8 Å². The number of rotatable bonds is 1. The predicted octanol–water partition coefficient (Wildman–Crippen LogP) is 2.37. The van der Waals surface area contributed by atoms with Crippen molar-refractivity contribution >= 4 is 56.8 Å². The third-order valence-corrected chi connectivity index (χ3v) is 2.50. The van der Waals surface area contributed by atoms with Crippen LogP contribution in [0.1, 0.15) is 0 Å². The normalized spacial score (nSPS) is 11.3. The summed E-state index contributed by atoms with van der Waals surface area (Å²) in [4.78, 5) is 14.3. The molecule has 0 aliphatic rings. The lowest BCUT2D eigenvalue weighted by Crippen LogP contribution is -2.39. The largest absolute Gasteiger partial charge is 0.369 e. The second-order valence-corrected chi connectivity index (χ2v) is 4.43. The molecule has 5 N–H and O–H groups in total. The van der Waals surface area contributed by atoms with Crippen LogP contribution in [-0.2, 0) is 0 Å². The Morgan fingerprint density at radius 3 is 2.25 bits per heavy atom. The fraction of sp³-hybridized carbons (Fsp3) is 0. The number of guanidine groups is 1. The Bertz CT molecular complexity index is 440. The van der Waals surface area contributed by atoms with Crippen molar-refractivity contribution in [2.45, 2.75) is 0 Å². The van der Waals surface area contributed by atoms with Crippen molar-refractivity contribution in [3.63, 3.8) is 0 Å². The number of hydrogen-bond acceptors (Lipinski definition) is 2. The zero-order chi connectivity index (χ0) is 12.3. The number of halogens is 3. The van der Waals surface area contributed by atoms with E-state index in [2.05, 4.69) is 26.2 Å². The van der Waals surface area contributed by atoms with Crippen LogP contribution in [0.15, 0.2) is 21.6 Å². The minimum atomic E-state index is -0.814. The Kier molecular flexibility index (Phi) is 4.40. The minimum Gasteiger partial charge on any atom is -0.369 e. The van der Waals surface area contributed by atoms with Gasteiger partial charge in [0, 0.05) is 4.47 Å². The number of benzene rings is 1. The molecule has 1 aromatic carbocycles. The van der Waals surface area contributed by atoms with Crippen LogP contribution in [0.3, 0.4) is 0 Å². The molecule has 0 radical (unpaired) electrons. The van der Waals surface area contributed by atoms with Gasteiger partial charge in [-0.2, -0.15) is 0 Å². The van der Waals surface area contributed by atoms with Gasteiger partial charge in [0.25, 0.3) is 0 Å². The second kappa shape index (κ2) is 5.38. The van der Waals surface area contributed by atoms with Gasteiger partial charge in [-0.3, -0.25) is 5.32 Å². The van der Waals surface area contributed by atoms with Crippen LogP contribution >= 0.6 is 39.1 Å². The fourth-order valence-corrected chi connectivity index (χ4v) is 2.21. The molecule has 0 aromatic heterocycles. The average Bonchev–Trinajstić information content (AvgIpc) is 2.09. The Hall–Kier alpha value is -0.980. The number of amides is 2. The summed E-state index contributed by atoms with van der Waals surface area (Å²) >= 11 is 15.0. The molecular formula is C8H7BrCl2N4O. The Balaban J connectivity index is 3.10. The molecule has 0 aliphatic carbocycles. The zero-order valence-corrected chi connectivity index (χ0v) is 10.9. The number of carbonyl (C=O) groups is 1. The first kappa shape index (κ1) is 13.1. The smallest absolute Gasteiger partial charge is 0.318 e. The summed E-state index contributed by atoms with van der Waals surface area (Å²) in [6, 6.07) is 2.39. The highest BCUT2D eigenvalue weighted by molar-refractivity contribution is 9.10. The summed E-state index contributed by atoms with van der Waals surface area (Å²) in [7, 11) is 0. The van der Waals surface area contributed by atoms with Crippen molar-refractivity contribution in [3.8, 4) is 0 Å². The highest BCUT2D eigenvalue weighted by Gasteiger charge is 2.07. The number of hydrogen-bond donors (Lipinski definition) is 3. The molecule has 0 saturated heterocycles. The molecule has 0 unspecified atom stereocenters. The molecule has 16 heavy (non-hydrogen) atoms. The van der Waals surface area contributed by atoms with Gasteiger partial charge in [-0.1, -0.05) is 39.1 Å². The standard InChI is InChI=1S/C8H7BrCl2N4O/c9-3-1-4(10)6(5(11)2-3)14-7(12)15-8(13)16/h1-2H,(H5,12,13,14,15,16). The molecule has 0 heterocycles. The lowest BCUT2D eigenvalue weighted by Gasteiger charge is -2.04. The maximum atomic E-state index is 10.5. The number of carbonyl (C=O) groups excluding carboxylic acids is 1. The number of primary amides is 1. The quantitative estimate of drug-likeness (QED) is 0.546. The van der Waals surface area contributed by atoms with Gasteiger partial charge in [0.2, 0.25) is 5.96 Å². The highest BCUT2D eigenvalue weighted by Crippen LogP contribution is 2.35. The van der Waals surface area contributed by atoms with E-state index in [9.17, 15) is 4.79 Å². The number of nitrogens with one attached hydrogen (secondary N) is 1. The SMILES string of the molecule is NC(=O)NC(N)=Nc1c(Cl)cc(Br)cc1Cl. The monoisotopic (exact) mass is 324 g/mol. The summed E-state index contributed by atoms with van der Waals surface area (Å²) in [6.07, 6.45) is 0. The molecule has 0 bridgehead atoms. The molecule has 2 amide bonds. The van der Waals surface area contributed by atoms with Crippen LogP contribution in [0.25, 0.3) is 0 Å². The van der Waals surface area contributed by atoms with E-state index in [0.717, 1.165) is 0 Å². The molecule has 5 nitrogen and oxygen atoms in total. The van der Waals surface area contributed by atoms with Gasteiger partial charge in [-0.25, -0.2) is 9.79 Å². The van der Waals surface area contributed by atoms with Gasteiger partial charge in [0.05, 0.1) is 10.0 Å². The van der Waals surface area contributed by atoms with Gasteiger partial charge in [0.15, 0.2) is 0 Å². The van der Waals surface area contributed by atoms with E-state index in [1.165, 1.54) is 0 Å². The number of nitrogens with two attached hydrogens (primary N) is 2. The van der Waals surface area contributed by atoms with Crippen molar-refractivity contribution in [3.05, 3.63) is 26.7 Å². The van der Waals surface area contributed by atoms with Crippen LogP contribution in [0.2, 0.25) is 10.0 Å². The molecule has 0 fully saturated rings. The van der Waals surface area contributed by atoms with E-state index in [-0.39, 0.29) is 11.6 Å². The molecule has 0 atom stereocenters. The molecule has 0 spiro atoms. The molecule has 1 aromatic rings. The first-order valence-corrected chi connectivity index (χ1v) is 5.50. The first-order chi connectivity index (χ1) is 7.40. The summed E-state index contributed by atoms with van der Waals surface area (Å²) in [6.45, 7) is 0. The first-order valence-electron chi connectivity index (χ1n) is 3.95. The second-order valence-electron chi connectivity index (χ2n) is 2.70. The van der Waals surface area contributed by atoms with E-state index >= 15 is 0 Å². The van der Waals surface area contributed by atoms with E-state index < -0.39 is 6.03 Å². The molecule has 0 saturated carbocycles. The predicted molar refractivity (Wildman–Crippen MR) is 68.2 cm³/mol. The third kappa shape index (κ3) is 3.55. The van der Waals surface area contributed by atoms with Crippen molar-refractivity contribution in [1.29, 1.82) is 0 Å². The van der Waals surface area contributed by atoms with Crippen LogP contribution in [0, 0.1) is 0 Å². The van der Waals surface area contributed by atoms with Crippen molar-refractivity contribution in [2.24, 2.45) is 16.5 Å². The van der Waals surface area contributed by atoms with E-state index in [4.69, 9.17) is 34.7 Å². The van der Waals surface area contributed by atoms with Crippen LogP contribution in [-0.4, -0.2) is 12.0 Å². The summed E-state index contributed by atoms with van der Waals surface area (Å²) in [5.74, 6) is -0.182. The molecule has 86 valence electrons. The van der Waals surface area contributed by atoms with Gasteiger partial charge >= 0.3 is 6.03 Å². The zero-order valence-electron chi connectivity index (χ0n) is 7.80. The maximum absolute atomic E-state index is 10.5. The Morgan fingerprint density at radius 2 is 1.81 bits per heavy atom. The summed E-state index contributed by atoms with van der Waals surface area (Å²) in [5.41, 5.74) is 10.5. The molecule has 8 heteroatoms. The number of aliphatic imine (C=N–C) groups is 1. The van der Waals surface area contributed by atoms with Gasteiger partial charge in [-0.15, -0.1) is 0 Å². The lowest BCUT2D eigenvalue weighted by atomic mass is 10.3. The van der Waals surface area contributed by atoms with Crippen molar-refractivity contribution in [2.75, 3.05) is 0 Å². The molecule has 1 rings (SSSR count). The van der Waals surface area contributed by atoms with Gasteiger partial charge in [-0.05, 0) is 12.1 Å². The van der Waals surface area contributed by atoms with Crippen LogP contribution in [0.5, 0.6) is 0 Å². The van der Waals surface area contributed by atoms with Crippen LogP contribution in [0.4, 0.5) is 10.5 Å². The number of urea groups is 1. The Morgan fingerprint density at radius 1 is 1.31 bits per heavy atom. The Labute approximate surface area is 110 Å².